The Labute approximate surface area is 89.3 Å². The lowest BCUT2D eigenvalue weighted by atomic mass is 10.4. The lowest BCUT2D eigenvalue weighted by Gasteiger charge is -1.98. The van der Waals surface area contributed by atoms with Gasteiger partial charge >= 0.3 is 0 Å². The molecule has 2 aromatic heterocycles. The van der Waals surface area contributed by atoms with E-state index in [1.807, 2.05) is 10.6 Å². The van der Waals surface area contributed by atoms with Crippen LogP contribution in [-0.2, 0) is 6.54 Å². The third kappa shape index (κ3) is 1.61. The summed E-state index contributed by atoms with van der Waals surface area (Å²) >= 11 is 3.33. The van der Waals surface area contributed by atoms with Gasteiger partial charge in [-0.1, -0.05) is 0 Å². The molecule has 0 amide bonds. The summed E-state index contributed by atoms with van der Waals surface area (Å²) in [6, 6.07) is 4.00. The Bertz CT molecular complexity index is 497. The van der Waals surface area contributed by atoms with E-state index in [0.717, 1.165) is 15.6 Å². The molecule has 0 radical (unpaired) electrons. The van der Waals surface area contributed by atoms with E-state index in [1.54, 1.807) is 12.5 Å². The molecule has 2 rings (SSSR count). The summed E-state index contributed by atoms with van der Waals surface area (Å²) in [4.78, 5) is 8.43. The summed E-state index contributed by atoms with van der Waals surface area (Å²) in [6.07, 6.45) is 3.91. The normalized spacial score (nSPS) is 10.3. The first-order valence-electron chi connectivity index (χ1n) is 4.14. The minimum atomic E-state index is 0.475. The molecule has 5 heteroatoms. The maximum atomic E-state index is 8.47. The summed E-state index contributed by atoms with van der Waals surface area (Å²) in [7, 11) is 0. The minimum absolute atomic E-state index is 0.475. The highest BCUT2D eigenvalue weighted by atomic mass is 79.9. The van der Waals surface area contributed by atoms with Gasteiger partial charge in [0.2, 0.25) is 0 Å². The minimum Gasteiger partial charge on any atom is -0.314 e. The lowest BCUT2D eigenvalue weighted by Crippen LogP contribution is -1.95. The Morgan fingerprint density at radius 2 is 2.36 bits per heavy atom. The molecule has 0 saturated carbocycles. The van der Waals surface area contributed by atoms with Gasteiger partial charge in [-0.3, -0.25) is 0 Å². The molecule has 2 aromatic rings. The van der Waals surface area contributed by atoms with Crippen molar-refractivity contribution in [1.29, 1.82) is 5.26 Å². The van der Waals surface area contributed by atoms with Crippen molar-refractivity contribution in [2.75, 3.05) is 0 Å². The summed E-state index contributed by atoms with van der Waals surface area (Å²) in [6.45, 7) is 0.641. The fourth-order valence-electron chi connectivity index (χ4n) is 1.26. The van der Waals surface area contributed by atoms with Gasteiger partial charge in [-0.25, -0.2) is 9.97 Å². The summed E-state index contributed by atoms with van der Waals surface area (Å²) in [5.41, 5.74) is 1.67. The van der Waals surface area contributed by atoms with E-state index in [1.165, 1.54) is 0 Å². The standard InChI is InChI=1S/C9H7BrN4/c10-7-4-8-9(12-5-7)14(6-13-8)3-1-2-11/h4-6H,1,3H2. The first kappa shape index (κ1) is 9.16. The van der Waals surface area contributed by atoms with Gasteiger partial charge in [0.1, 0.15) is 5.52 Å². The Balaban J connectivity index is 2.43. The van der Waals surface area contributed by atoms with Gasteiger partial charge < -0.3 is 4.57 Å². The molecule has 0 aromatic carbocycles. The number of hydrogen-bond acceptors (Lipinski definition) is 3. The first-order valence-corrected chi connectivity index (χ1v) is 4.94. The highest BCUT2D eigenvalue weighted by Crippen LogP contribution is 2.15. The van der Waals surface area contributed by atoms with Gasteiger partial charge in [0.15, 0.2) is 5.65 Å². The number of fused-ring (bicyclic) bond motifs is 1. The monoisotopic (exact) mass is 250 g/mol. The largest absolute Gasteiger partial charge is 0.314 e. The summed E-state index contributed by atoms with van der Waals surface area (Å²) in [5, 5.41) is 8.47. The second-order valence-electron chi connectivity index (χ2n) is 2.84. The smallest absolute Gasteiger partial charge is 0.159 e. The zero-order chi connectivity index (χ0) is 9.97. The number of imidazole rings is 1. The van der Waals surface area contributed by atoms with Crippen molar-refractivity contribution < 1.29 is 0 Å². The average Bonchev–Trinajstić information content (AvgIpc) is 2.57. The van der Waals surface area contributed by atoms with E-state index in [0.29, 0.717) is 13.0 Å². The van der Waals surface area contributed by atoms with Crippen molar-refractivity contribution in [3.8, 4) is 6.07 Å². The number of nitriles is 1. The molecule has 0 unspecified atom stereocenters. The fraction of sp³-hybridized carbons (Fsp3) is 0.222. The second-order valence-corrected chi connectivity index (χ2v) is 3.76. The maximum Gasteiger partial charge on any atom is 0.159 e. The summed E-state index contributed by atoms with van der Waals surface area (Å²) in [5.74, 6) is 0. The third-order valence-electron chi connectivity index (χ3n) is 1.89. The molecule has 14 heavy (non-hydrogen) atoms. The molecule has 0 spiro atoms. The predicted octanol–water partition coefficient (Wildman–Crippen LogP) is 2.11. The Morgan fingerprint density at radius 1 is 1.50 bits per heavy atom. The molecule has 0 fully saturated rings. The van der Waals surface area contributed by atoms with Crippen LogP contribution in [-0.4, -0.2) is 14.5 Å². The van der Waals surface area contributed by atoms with Crippen LogP contribution in [0.5, 0.6) is 0 Å². The highest BCUT2D eigenvalue weighted by Gasteiger charge is 2.03. The lowest BCUT2D eigenvalue weighted by molar-refractivity contribution is 0.729. The average molecular weight is 251 g/mol. The molecular formula is C9H7BrN4. The second kappa shape index (κ2) is 3.76. The van der Waals surface area contributed by atoms with Crippen LogP contribution >= 0.6 is 15.9 Å². The predicted molar refractivity (Wildman–Crippen MR) is 55.5 cm³/mol. The zero-order valence-corrected chi connectivity index (χ0v) is 8.90. The van der Waals surface area contributed by atoms with Crippen molar-refractivity contribution in [3.05, 3.63) is 23.1 Å². The topological polar surface area (TPSA) is 54.5 Å². The van der Waals surface area contributed by atoms with Crippen LogP contribution in [0.4, 0.5) is 0 Å². The Hall–Kier alpha value is -1.41. The van der Waals surface area contributed by atoms with E-state index in [4.69, 9.17) is 5.26 Å². The van der Waals surface area contributed by atoms with Crippen LogP contribution in [0.15, 0.2) is 23.1 Å². The van der Waals surface area contributed by atoms with Gasteiger partial charge in [0.25, 0.3) is 0 Å². The van der Waals surface area contributed by atoms with Crippen molar-refractivity contribution in [1.82, 2.24) is 14.5 Å². The molecule has 0 aliphatic heterocycles. The Kier molecular flexibility index (Phi) is 2.46. The quantitative estimate of drug-likeness (QED) is 0.821. The van der Waals surface area contributed by atoms with E-state index >= 15 is 0 Å². The number of pyridine rings is 1. The number of aromatic nitrogens is 3. The molecule has 0 saturated heterocycles. The maximum absolute atomic E-state index is 8.47. The number of aryl methyl sites for hydroxylation is 1. The van der Waals surface area contributed by atoms with E-state index in [-0.39, 0.29) is 0 Å². The molecule has 2 heterocycles. The first-order chi connectivity index (χ1) is 6.81. The SMILES string of the molecule is N#CCCn1cnc2cc(Br)cnc21. The number of halogens is 1. The van der Waals surface area contributed by atoms with Crippen LogP contribution in [0.1, 0.15) is 6.42 Å². The molecule has 0 bridgehead atoms. The van der Waals surface area contributed by atoms with Gasteiger partial charge in [-0.15, -0.1) is 0 Å². The van der Waals surface area contributed by atoms with E-state index in [9.17, 15) is 0 Å². The number of nitrogens with zero attached hydrogens (tertiary/aromatic N) is 4. The van der Waals surface area contributed by atoms with Crippen molar-refractivity contribution >= 4 is 27.1 Å². The van der Waals surface area contributed by atoms with Crippen LogP contribution < -0.4 is 0 Å². The molecule has 70 valence electrons. The van der Waals surface area contributed by atoms with E-state index < -0.39 is 0 Å². The van der Waals surface area contributed by atoms with Gasteiger partial charge in [-0.2, -0.15) is 5.26 Å². The van der Waals surface area contributed by atoms with Crippen molar-refractivity contribution in [2.45, 2.75) is 13.0 Å². The summed E-state index contributed by atoms with van der Waals surface area (Å²) < 4.78 is 2.79. The van der Waals surface area contributed by atoms with E-state index in [2.05, 4.69) is 32.0 Å². The van der Waals surface area contributed by atoms with Crippen LogP contribution in [0, 0.1) is 11.3 Å². The molecule has 0 atom stereocenters. The highest BCUT2D eigenvalue weighted by molar-refractivity contribution is 9.10. The molecular weight excluding hydrogens is 244 g/mol. The van der Waals surface area contributed by atoms with Gasteiger partial charge in [0, 0.05) is 17.2 Å². The molecule has 4 nitrogen and oxygen atoms in total. The Morgan fingerprint density at radius 3 is 3.14 bits per heavy atom. The third-order valence-corrected chi connectivity index (χ3v) is 2.32. The van der Waals surface area contributed by atoms with Crippen LogP contribution in [0.3, 0.4) is 0 Å². The fourth-order valence-corrected chi connectivity index (χ4v) is 1.58. The van der Waals surface area contributed by atoms with Crippen LogP contribution in [0.25, 0.3) is 11.2 Å². The van der Waals surface area contributed by atoms with Crippen molar-refractivity contribution in [3.63, 3.8) is 0 Å². The molecule has 0 aliphatic carbocycles. The number of hydrogen-bond donors (Lipinski definition) is 0. The van der Waals surface area contributed by atoms with Crippen molar-refractivity contribution in [2.24, 2.45) is 0 Å². The van der Waals surface area contributed by atoms with Gasteiger partial charge in [0.05, 0.1) is 18.8 Å². The molecule has 0 aliphatic rings. The molecule has 0 N–H and O–H groups in total. The number of rotatable bonds is 2. The van der Waals surface area contributed by atoms with Gasteiger partial charge in [-0.05, 0) is 22.0 Å². The van der Waals surface area contributed by atoms with Crippen LogP contribution in [0.2, 0.25) is 0 Å². The zero-order valence-electron chi connectivity index (χ0n) is 7.31.